The Morgan fingerprint density at radius 1 is 0.282 bits per heavy atom. The highest BCUT2D eigenvalue weighted by molar-refractivity contribution is 7.47. The molecule has 3 unspecified atom stereocenters. The van der Waals surface area contributed by atoms with Gasteiger partial charge in [0.05, 0.1) is 26.4 Å². The van der Waals surface area contributed by atoms with Gasteiger partial charge in [-0.05, 0) is 37.5 Å². The molecule has 3 N–H and O–H groups in total. The molecule has 0 saturated carbocycles. The number of aliphatic hydroxyl groups is 1. The zero-order chi connectivity index (χ0) is 75.6. The van der Waals surface area contributed by atoms with Crippen molar-refractivity contribution in [3.63, 3.8) is 0 Å². The van der Waals surface area contributed by atoms with Crippen LogP contribution in [0.15, 0.2) is 0 Å². The third-order valence-corrected chi connectivity index (χ3v) is 22.0. The van der Waals surface area contributed by atoms with Crippen LogP contribution in [0.4, 0.5) is 0 Å². The maximum absolute atomic E-state index is 13.1. The van der Waals surface area contributed by atoms with Crippen LogP contribution < -0.4 is 0 Å². The third-order valence-electron chi connectivity index (χ3n) is 20.1. The molecule has 0 amide bonds. The minimum absolute atomic E-state index is 0.108. The van der Waals surface area contributed by atoms with Crippen LogP contribution in [0.5, 0.6) is 0 Å². The van der Waals surface area contributed by atoms with Crippen LogP contribution in [0.3, 0.4) is 0 Å². The zero-order valence-electron chi connectivity index (χ0n) is 67.6. The molecule has 0 rings (SSSR count). The predicted molar refractivity (Wildman–Crippen MR) is 423 cm³/mol. The summed E-state index contributed by atoms with van der Waals surface area (Å²) < 4.78 is 68.8. The summed E-state index contributed by atoms with van der Waals surface area (Å²) >= 11 is 0. The molecular weight excluding hydrogens is 1340 g/mol. The molecule has 0 radical (unpaired) electrons. The lowest BCUT2D eigenvalue weighted by molar-refractivity contribution is -0.161. The Labute approximate surface area is 632 Å². The molecule has 0 spiro atoms. The number of unbranched alkanes of at least 4 members (excludes halogenated alkanes) is 52. The van der Waals surface area contributed by atoms with Gasteiger partial charge in [-0.3, -0.25) is 37.3 Å². The van der Waals surface area contributed by atoms with E-state index in [1.165, 1.54) is 263 Å². The Balaban J connectivity index is 5.23. The average Bonchev–Trinajstić information content (AvgIpc) is 0.910. The van der Waals surface area contributed by atoms with Crippen molar-refractivity contribution in [2.24, 2.45) is 11.8 Å². The van der Waals surface area contributed by atoms with Gasteiger partial charge < -0.3 is 33.8 Å². The highest BCUT2D eigenvalue weighted by Gasteiger charge is 2.30. The summed E-state index contributed by atoms with van der Waals surface area (Å²) in [5, 5.41) is 10.7. The van der Waals surface area contributed by atoms with E-state index >= 15 is 0 Å². The van der Waals surface area contributed by atoms with Crippen molar-refractivity contribution < 1.29 is 80.2 Å². The largest absolute Gasteiger partial charge is 0.472 e. The Bertz CT molecular complexity index is 1980. The van der Waals surface area contributed by atoms with Gasteiger partial charge in [0.1, 0.15) is 19.3 Å². The number of aliphatic hydroxyl groups excluding tert-OH is 1. The molecular formula is C84H164O17P2. The average molecular weight is 1510 g/mol. The van der Waals surface area contributed by atoms with Gasteiger partial charge in [-0.25, -0.2) is 9.13 Å². The number of carbonyl (C=O) groups excluding carboxylic acids is 4. The van der Waals surface area contributed by atoms with Gasteiger partial charge in [0.25, 0.3) is 0 Å². The molecule has 0 aromatic carbocycles. The van der Waals surface area contributed by atoms with E-state index in [1.807, 2.05) is 0 Å². The quantitative estimate of drug-likeness (QED) is 0.0222. The number of ether oxygens (including phenoxy) is 4. The van der Waals surface area contributed by atoms with E-state index in [2.05, 4.69) is 41.5 Å². The van der Waals surface area contributed by atoms with E-state index in [-0.39, 0.29) is 25.7 Å². The Hall–Kier alpha value is -1.94. The summed E-state index contributed by atoms with van der Waals surface area (Å²) in [6.45, 7) is 9.71. The van der Waals surface area contributed by atoms with Crippen LogP contribution in [0.2, 0.25) is 0 Å². The minimum atomic E-state index is -4.96. The summed E-state index contributed by atoms with van der Waals surface area (Å²) in [5.41, 5.74) is 0. The number of hydrogen-bond donors (Lipinski definition) is 3. The van der Waals surface area contributed by atoms with Crippen molar-refractivity contribution >= 4 is 39.5 Å². The molecule has 612 valence electrons. The lowest BCUT2D eigenvalue weighted by Gasteiger charge is -2.21. The highest BCUT2D eigenvalue weighted by Crippen LogP contribution is 2.45. The van der Waals surface area contributed by atoms with Gasteiger partial charge in [0, 0.05) is 25.7 Å². The molecule has 17 nitrogen and oxygen atoms in total. The van der Waals surface area contributed by atoms with E-state index < -0.39 is 97.5 Å². The monoisotopic (exact) mass is 1510 g/mol. The van der Waals surface area contributed by atoms with E-state index in [4.69, 9.17) is 37.0 Å². The molecule has 0 aliphatic carbocycles. The minimum Gasteiger partial charge on any atom is -0.462 e. The molecule has 0 bridgehead atoms. The molecule has 103 heavy (non-hydrogen) atoms. The number of esters is 4. The first kappa shape index (κ1) is 101. The molecule has 0 heterocycles. The number of hydrogen-bond acceptors (Lipinski definition) is 15. The maximum atomic E-state index is 13.1. The van der Waals surface area contributed by atoms with Crippen molar-refractivity contribution in [3.8, 4) is 0 Å². The third kappa shape index (κ3) is 76.6. The fourth-order valence-corrected chi connectivity index (χ4v) is 14.6. The van der Waals surface area contributed by atoms with E-state index in [0.717, 1.165) is 102 Å². The summed E-state index contributed by atoms with van der Waals surface area (Å²) in [6.07, 6.45) is 66.5. The van der Waals surface area contributed by atoms with Crippen LogP contribution in [0.1, 0.15) is 446 Å². The van der Waals surface area contributed by atoms with Crippen molar-refractivity contribution in [2.45, 2.75) is 464 Å². The van der Waals surface area contributed by atoms with Crippen molar-refractivity contribution in [1.82, 2.24) is 0 Å². The predicted octanol–water partition coefficient (Wildman–Crippen LogP) is 25.5. The van der Waals surface area contributed by atoms with Crippen LogP contribution in [0, 0.1) is 11.8 Å². The lowest BCUT2D eigenvalue weighted by atomic mass is 9.99. The molecule has 0 fully saturated rings. The normalized spacial score (nSPS) is 14.1. The maximum Gasteiger partial charge on any atom is 0.472 e. The molecule has 0 aromatic heterocycles. The second-order valence-electron chi connectivity index (χ2n) is 30.9. The summed E-state index contributed by atoms with van der Waals surface area (Å²) in [4.78, 5) is 73.1. The Kier molecular flexibility index (Phi) is 74.1. The summed E-state index contributed by atoms with van der Waals surface area (Å²) in [7, 11) is -9.92. The van der Waals surface area contributed by atoms with Gasteiger partial charge in [0.2, 0.25) is 0 Å². The van der Waals surface area contributed by atoms with Crippen LogP contribution in [0.25, 0.3) is 0 Å². The summed E-state index contributed by atoms with van der Waals surface area (Å²) in [5.74, 6) is -0.488. The first-order chi connectivity index (χ1) is 49.9. The van der Waals surface area contributed by atoms with Gasteiger partial charge >= 0.3 is 39.5 Å². The molecule has 0 saturated heterocycles. The standard InChI is InChI=1S/C84H164O17P2/c1-7-10-12-14-16-18-20-22-28-33-36-42-48-54-60-66-81(86)94-72-79(100-84(89)69-63-57-51-44-38-34-30-27-25-24-26-29-31-35-41-47-53-59-65-77(6)9-3)74-98-102(90,91)96-70-78(85)71-97-103(92,93)99-75-80(73-95-82(87)67-61-55-49-45-39-40-46-52-58-64-76(4)5)101-83(88)68-62-56-50-43-37-32-23-21-19-17-15-13-11-8-2/h76-80,85H,7-75H2,1-6H3,(H,90,91)(H,92,93)/t77?,78-,79-,80-/m1/s1. The molecule has 0 aliphatic rings. The van der Waals surface area contributed by atoms with Crippen molar-refractivity contribution in [3.05, 3.63) is 0 Å². The smallest absolute Gasteiger partial charge is 0.462 e. The zero-order valence-corrected chi connectivity index (χ0v) is 69.4. The Morgan fingerprint density at radius 3 is 0.738 bits per heavy atom. The molecule has 6 atom stereocenters. The van der Waals surface area contributed by atoms with Crippen LogP contribution >= 0.6 is 15.6 Å². The lowest BCUT2D eigenvalue weighted by Crippen LogP contribution is -2.30. The van der Waals surface area contributed by atoms with E-state index in [1.54, 1.807) is 0 Å². The second kappa shape index (κ2) is 75.5. The topological polar surface area (TPSA) is 237 Å². The van der Waals surface area contributed by atoms with Gasteiger partial charge in [-0.2, -0.15) is 0 Å². The number of phosphoric acid groups is 2. The Morgan fingerprint density at radius 2 is 0.495 bits per heavy atom. The number of phosphoric ester groups is 2. The second-order valence-corrected chi connectivity index (χ2v) is 33.8. The first-order valence-corrected chi connectivity index (χ1v) is 46.5. The highest BCUT2D eigenvalue weighted by atomic mass is 31.2. The van der Waals surface area contributed by atoms with Crippen molar-refractivity contribution in [2.75, 3.05) is 39.6 Å². The van der Waals surface area contributed by atoms with Gasteiger partial charge in [-0.15, -0.1) is 0 Å². The van der Waals surface area contributed by atoms with Crippen LogP contribution in [-0.2, 0) is 65.4 Å². The van der Waals surface area contributed by atoms with Crippen LogP contribution in [-0.4, -0.2) is 96.7 Å². The van der Waals surface area contributed by atoms with Gasteiger partial charge in [0.15, 0.2) is 12.2 Å². The van der Waals surface area contributed by atoms with E-state index in [9.17, 15) is 43.2 Å². The molecule has 0 aromatic rings. The van der Waals surface area contributed by atoms with Gasteiger partial charge in [-0.1, -0.05) is 395 Å². The summed E-state index contributed by atoms with van der Waals surface area (Å²) in [6, 6.07) is 0. The molecule has 19 heteroatoms. The fraction of sp³-hybridized carbons (Fsp3) is 0.952. The first-order valence-electron chi connectivity index (χ1n) is 43.5. The van der Waals surface area contributed by atoms with E-state index in [0.29, 0.717) is 25.7 Å². The SMILES string of the molecule is CCCCCCCCCCCCCCCCCC(=O)OC[C@H](COP(=O)(O)OC[C@@H](O)COP(=O)(O)OC[C@@H](COC(=O)CCCCCCCCCCCC(C)C)OC(=O)CCCCCCCCCCCCCCCC)OC(=O)CCCCCCCCCCCCCCCCCCCCC(C)CC. The number of carbonyl (C=O) groups is 4. The fourth-order valence-electron chi connectivity index (χ4n) is 13.0. The molecule has 0 aliphatic heterocycles. The van der Waals surface area contributed by atoms with Crippen molar-refractivity contribution in [1.29, 1.82) is 0 Å². The number of rotatable bonds is 83.